The molecule has 150 valence electrons. The third-order valence-electron chi connectivity index (χ3n) is 4.22. The van der Waals surface area contributed by atoms with Crippen LogP contribution in [0, 0.1) is 5.92 Å². The maximum absolute atomic E-state index is 12.8. The molecule has 0 aromatic heterocycles. The zero-order valence-electron chi connectivity index (χ0n) is 16.1. The van der Waals surface area contributed by atoms with Crippen molar-refractivity contribution in [3.05, 3.63) is 24.3 Å². The third kappa shape index (κ3) is 6.30. The number of hydrogen-bond donors (Lipinski definition) is 2. The summed E-state index contributed by atoms with van der Waals surface area (Å²) in [6.07, 6.45) is 0. The lowest BCUT2D eigenvalue weighted by Crippen LogP contribution is -2.51. The van der Waals surface area contributed by atoms with Gasteiger partial charge in [0.15, 0.2) is 0 Å². The van der Waals surface area contributed by atoms with Crippen molar-refractivity contribution in [3.63, 3.8) is 0 Å². The predicted molar refractivity (Wildman–Crippen MR) is 104 cm³/mol. The lowest BCUT2D eigenvalue weighted by Gasteiger charge is -2.33. The molecule has 0 saturated carbocycles. The van der Waals surface area contributed by atoms with Crippen LogP contribution >= 0.6 is 0 Å². The number of nitrogens with zero attached hydrogens (tertiary/aromatic N) is 2. The molecule has 8 nitrogen and oxygen atoms in total. The monoisotopic (exact) mass is 396 g/mol. The maximum Gasteiger partial charge on any atom is 0.243 e. The summed E-state index contributed by atoms with van der Waals surface area (Å²) in [5, 5.41) is 5.49. The predicted octanol–water partition coefficient (Wildman–Crippen LogP) is 0.724. The molecule has 1 heterocycles. The summed E-state index contributed by atoms with van der Waals surface area (Å²) in [6.45, 7) is 8.09. The zero-order valence-corrected chi connectivity index (χ0v) is 16.9. The van der Waals surface area contributed by atoms with Crippen LogP contribution in [0.25, 0.3) is 0 Å². The Morgan fingerprint density at radius 1 is 1.07 bits per heavy atom. The lowest BCUT2D eigenvalue weighted by molar-refractivity contribution is -0.122. The third-order valence-corrected chi connectivity index (χ3v) is 6.13. The van der Waals surface area contributed by atoms with Crippen molar-refractivity contribution in [1.82, 2.24) is 14.5 Å². The van der Waals surface area contributed by atoms with Crippen LogP contribution in [0.5, 0.6) is 0 Å². The summed E-state index contributed by atoms with van der Waals surface area (Å²) in [5.74, 6) is 0.153. The van der Waals surface area contributed by atoms with Crippen LogP contribution in [0.3, 0.4) is 0 Å². The molecule has 2 amide bonds. The highest BCUT2D eigenvalue weighted by Crippen LogP contribution is 2.19. The molecule has 1 aliphatic rings. The number of benzene rings is 1. The standard InChI is InChI=1S/C18H28N4O4S/c1-14(2)12-19-18(24)13-21-8-10-22(11-9-21)27(25,26)17-6-4-16(5-7-17)20-15(3)23/h4-7,14H,8-13H2,1-3H3,(H,19,24)(H,20,23). The Morgan fingerprint density at radius 2 is 1.67 bits per heavy atom. The van der Waals surface area contributed by atoms with E-state index in [1.165, 1.54) is 23.4 Å². The van der Waals surface area contributed by atoms with Gasteiger partial charge in [-0.3, -0.25) is 14.5 Å². The maximum atomic E-state index is 12.8. The first kappa shape index (κ1) is 21.3. The van der Waals surface area contributed by atoms with E-state index in [1.807, 2.05) is 18.7 Å². The molecule has 0 unspecified atom stereocenters. The second-order valence-electron chi connectivity index (χ2n) is 7.08. The van der Waals surface area contributed by atoms with Gasteiger partial charge in [-0.1, -0.05) is 13.8 Å². The molecule has 1 aliphatic heterocycles. The first-order valence-electron chi connectivity index (χ1n) is 9.05. The van der Waals surface area contributed by atoms with E-state index in [1.54, 1.807) is 12.1 Å². The van der Waals surface area contributed by atoms with E-state index >= 15 is 0 Å². The second kappa shape index (κ2) is 9.29. The van der Waals surface area contributed by atoms with Gasteiger partial charge >= 0.3 is 0 Å². The molecular weight excluding hydrogens is 368 g/mol. The van der Waals surface area contributed by atoms with Crippen molar-refractivity contribution in [2.45, 2.75) is 25.7 Å². The SMILES string of the molecule is CC(=O)Nc1ccc(S(=O)(=O)N2CCN(CC(=O)NCC(C)C)CC2)cc1. The van der Waals surface area contributed by atoms with Gasteiger partial charge in [0.1, 0.15) is 0 Å². The summed E-state index contributed by atoms with van der Waals surface area (Å²) >= 11 is 0. The van der Waals surface area contributed by atoms with Gasteiger partial charge in [0.05, 0.1) is 11.4 Å². The van der Waals surface area contributed by atoms with E-state index in [0.29, 0.717) is 44.3 Å². The minimum Gasteiger partial charge on any atom is -0.355 e. The number of piperazine rings is 1. The van der Waals surface area contributed by atoms with Crippen molar-refractivity contribution < 1.29 is 18.0 Å². The van der Waals surface area contributed by atoms with Crippen molar-refractivity contribution in [2.24, 2.45) is 5.92 Å². The molecule has 0 spiro atoms. The van der Waals surface area contributed by atoms with Gasteiger partial charge in [-0.2, -0.15) is 4.31 Å². The highest BCUT2D eigenvalue weighted by molar-refractivity contribution is 7.89. The van der Waals surface area contributed by atoms with Crippen LogP contribution in [0.1, 0.15) is 20.8 Å². The molecule has 9 heteroatoms. The van der Waals surface area contributed by atoms with Crippen molar-refractivity contribution >= 4 is 27.5 Å². The van der Waals surface area contributed by atoms with Gasteiger partial charge in [0.25, 0.3) is 0 Å². The number of hydrogen-bond acceptors (Lipinski definition) is 5. The molecule has 1 saturated heterocycles. The number of carbonyl (C=O) groups excluding carboxylic acids is 2. The van der Waals surface area contributed by atoms with Gasteiger partial charge in [0.2, 0.25) is 21.8 Å². The number of amides is 2. The van der Waals surface area contributed by atoms with Crippen LogP contribution in [0.15, 0.2) is 29.2 Å². The Kier molecular flexibility index (Phi) is 7.34. The van der Waals surface area contributed by atoms with Crippen molar-refractivity contribution in [2.75, 3.05) is 44.6 Å². The average molecular weight is 397 g/mol. The number of sulfonamides is 1. The van der Waals surface area contributed by atoms with E-state index in [2.05, 4.69) is 10.6 Å². The summed E-state index contributed by atoms with van der Waals surface area (Å²) < 4.78 is 27.0. The fourth-order valence-corrected chi connectivity index (χ4v) is 4.19. The molecule has 1 aromatic rings. The molecule has 2 N–H and O–H groups in total. The number of nitrogens with one attached hydrogen (secondary N) is 2. The quantitative estimate of drug-likeness (QED) is 0.708. The summed E-state index contributed by atoms with van der Waals surface area (Å²) in [5.41, 5.74) is 0.554. The van der Waals surface area contributed by atoms with E-state index in [4.69, 9.17) is 0 Å². The minimum atomic E-state index is -3.59. The van der Waals surface area contributed by atoms with Gasteiger partial charge in [-0.25, -0.2) is 8.42 Å². The topological polar surface area (TPSA) is 98.8 Å². The molecule has 0 bridgehead atoms. The van der Waals surface area contributed by atoms with Crippen LogP contribution < -0.4 is 10.6 Å². The normalized spacial score (nSPS) is 16.3. The van der Waals surface area contributed by atoms with E-state index in [0.717, 1.165) is 0 Å². The fourth-order valence-electron chi connectivity index (χ4n) is 2.77. The van der Waals surface area contributed by atoms with Crippen LogP contribution in [0.2, 0.25) is 0 Å². The zero-order chi connectivity index (χ0) is 20.0. The van der Waals surface area contributed by atoms with Gasteiger partial charge in [0, 0.05) is 45.3 Å². The Balaban J connectivity index is 1.90. The highest BCUT2D eigenvalue weighted by atomic mass is 32.2. The lowest BCUT2D eigenvalue weighted by atomic mass is 10.2. The molecule has 1 aromatic carbocycles. The molecular formula is C18H28N4O4S. The number of anilines is 1. The number of carbonyl (C=O) groups is 2. The molecule has 2 rings (SSSR count). The van der Waals surface area contributed by atoms with Crippen LogP contribution in [0.4, 0.5) is 5.69 Å². The minimum absolute atomic E-state index is 0.0337. The Bertz CT molecular complexity index is 754. The Hall–Kier alpha value is -1.97. The van der Waals surface area contributed by atoms with Crippen LogP contribution in [-0.4, -0.2) is 68.7 Å². The molecule has 0 radical (unpaired) electrons. The van der Waals surface area contributed by atoms with Gasteiger partial charge in [-0.15, -0.1) is 0 Å². The van der Waals surface area contributed by atoms with Gasteiger partial charge < -0.3 is 10.6 Å². The molecule has 0 atom stereocenters. The van der Waals surface area contributed by atoms with Crippen LogP contribution in [-0.2, 0) is 19.6 Å². The second-order valence-corrected chi connectivity index (χ2v) is 9.02. The van der Waals surface area contributed by atoms with Crippen molar-refractivity contribution in [3.8, 4) is 0 Å². The first-order chi connectivity index (χ1) is 12.7. The molecule has 1 fully saturated rings. The number of rotatable bonds is 7. The highest BCUT2D eigenvalue weighted by Gasteiger charge is 2.29. The molecule has 27 heavy (non-hydrogen) atoms. The van der Waals surface area contributed by atoms with E-state index in [-0.39, 0.29) is 23.3 Å². The largest absolute Gasteiger partial charge is 0.355 e. The summed E-state index contributed by atoms with van der Waals surface area (Å²) in [7, 11) is -3.59. The summed E-state index contributed by atoms with van der Waals surface area (Å²) in [6, 6.07) is 6.13. The molecule has 0 aliphatic carbocycles. The Labute approximate surface area is 161 Å². The fraction of sp³-hybridized carbons (Fsp3) is 0.556. The van der Waals surface area contributed by atoms with E-state index < -0.39 is 10.0 Å². The van der Waals surface area contributed by atoms with Crippen molar-refractivity contribution in [1.29, 1.82) is 0 Å². The van der Waals surface area contributed by atoms with Gasteiger partial charge in [-0.05, 0) is 30.2 Å². The van der Waals surface area contributed by atoms with E-state index in [9.17, 15) is 18.0 Å². The average Bonchev–Trinajstić information content (AvgIpc) is 2.60. The summed E-state index contributed by atoms with van der Waals surface area (Å²) in [4.78, 5) is 25.1. The smallest absolute Gasteiger partial charge is 0.243 e. The first-order valence-corrected chi connectivity index (χ1v) is 10.5. The Morgan fingerprint density at radius 3 is 2.19 bits per heavy atom.